The maximum atomic E-state index is 10.2. The molecular formula is C4H10Na2O14P4+4. The van der Waals surface area contributed by atoms with E-state index in [4.69, 9.17) is 10.5 Å². The Bertz CT molecular complexity index is 359. The first kappa shape index (κ1) is 33.6. The largest absolute Gasteiger partial charge is 1.00 e. The molecule has 2 N–H and O–H groups in total. The monoisotopic (exact) mass is 452 g/mol. The van der Waals surface area contributed by atoms with E-state index < -0.39 is 45.6 Å². The predicted octanol–water partition coefficient (Wildman–Crippen LogP) is -4.93. The Labute approximate surface area is 183 Å². The summed E-state index contributed by atoms with van der Waals surface area (Å²) in [5.74, 6) is 0. The number of hydrogen-bond acceptors (Lipinski definition) is 14. The van der Waals surface area contributed by atoms with Gasteiger partial charge in [-0.3, -0.25) is 0 Å². The Morgan fingerprint density at radius 2 is 0.958 bits per heavy atom. The fourth-order valence-electron chi connectivity index (χ4n) is 0.562. The van der Waals surface area contributed by atoms with Gasteiger partial charge in [0.1, 0.15) is 0 Å². The van der Waals surface area contributed by atoms with Crippen molar-refractivity contribution in [3.8, 4) is 0 Å². The Hall–Kier alpha value is 2.00. The second-order valence-electron chi connectivity index (χ2n) is 2.61. The molecule has 0 aromatic heterocycles. The van der Waals surface area contributed by atoms with Crippen LogP contribution in [0.3, 0.4) is 0 Å². The van der Waals surface area contributed by atoms with E-state index in [0.717, 1.165) is 0 Å². The van der Waals surface area contributed by atoms with Crippen molar-refractivity contribution < 1.29 is 125 Å². The molecule has 0 aliphatic carbocycles. The molecule has 0 aliphatic rings. The van der Waals surface area contributed by atoms with Gasteiger partial charge in [0, 0.05) is 9.13 Å². The van der Waals surface area contributed by atoms with Crippen LogP contribution in [0.4, 0.5) is 0 Å². The van der Waals surface area contributed by atoms with Gasteiger partial charge in [-0.05, 0) is 23.0 Å². The molecule has 6 atom stereocenters. The summed E-state index contributed by atoms with van der Waals surface area (Å²) < 4.78 is 62.7. The third-order valence-electron chi connectivity index (χ3n) is 1.07. The maximum Gasteiger partial charge on any atom is 1.00 e. The van der Waals surface area contributed by atoms with Crippen LogP contribution in [0, 0.1) is 0 Å². The van der Waals surface area contributed by atoms with Crippen LogP contribution in [0.15, 0.2) is 0 Å². The van der Waals surface area contributed by atoms with Crippen molar-refractivity contribution in [2.45, 2.75) is 26.4 Å². The first-order chi connectivity index (χ1) is 10.1. The molecule has 0 spiro atoms. The zero-order valence-electron chi connectivity index (χ0n) is 12.7. The summed E-state index contributed by atoms with van der Waals surface area (Å²) in [6.07, 6.45) is -2.49. The molecule has 20 heteroatoms. The van der Waals surface area contributed by atoms with E-state index in [1.807, 2.05) is 0 Å². The molecule has 0 bridgehead atoms. The Morgan fingerprint density at radius 3 is 1.12 bits per heavy atom. The van der Waals surface area contributed by atoms with Crippen molar-refractivity contribution in [2.75, 3.05) is 0 Å². The van der Waals surface area contributed by atoms with Crippen molar-refractivity contribution in [3.05, 3.63) is 0 Å². The predicted molar refractivity (Wildman–Crippen MR) is 61.1 cm³/mol. The molecule has 128 valence electrons. The van der Waals surface area contributed by atoms with E-state index in [1.165, 1.54) is 13.8 Å². The molecular weight excluding hydrogens is 442 g/mol. The number of rotatable bonds is 10. The van der Waals surface area contributed by atoms with Crippen LogP contribution in [0.2, 0.25) is 0 Å². The summed E-state index contributed by atoms with van der Waals surface area (Å²) in [6.45, 7) is 2.36. The van der Waals surface area contributed by atoms with Gasteiger partial charge in [-0.2, -0.15) is 0 Å². The first-order valence-corrected chi connectivity index (χ1v) is 9.04. The molecule has 0 rings (SSSR count). The van der Waals surface area contributed by atoms with Gasteiger partial charge in [-0.15, -0.1) is 9.05 Å². The first-order valence-electron chi connectivity index (χ1n) is 4.65. The van der Waals surface area contributed by atoms with E-state index in [0.29, 0.717) is 0 Å². The molecule has 0 amide bonds. The van der Waals surface area contributed by atoms with Crippen LogP contribution >= 0.6 is 33.0 Å². The van der Waals surface area contributed by atoms with E-state index in [1.54, 1.807) is 0 Å². The van der Waals surface area contributed by atoms with Crippen molar-refractivity contribution in [2.24, 2.45) is 0 Å². The quantitative estimate of drug-likeness (QED) is 0.105. The Balaban J connectivity index is -0.000000154. The van der Waals surface area contributed by atoms with E-state index in [2.05, 4.69) is 27.4 Å². The molecule has 0 fully saturated rings. The van der Waals surface area contributed by atoms with Crippen LogP contribution in [0.1, 0.15) is 13.8 Å². The van der Waals surface area contributed by atoms with Gasteiger partial charge in [0.2, 0.25) is 0 Å². The minimum Gasteiger partial charge on any atom is -0.566 e. The van der Waals surface area contributed by atoms with Crippen LogP contribution in [0.5, 0.6) is 0 Å². The molecule has 6 unspecified atom stereocenters. The average Bonchev–Trinajstić information content (AvgIpc) is 2.36. The zero-order valence-corrected chi connectivity index (χ0v) is 20.3. The van der Waals surface area contributed by atoms with Gasteiger partial charge < -0.3 is 9.79 Å². The summed E-state index contributed by atoms with van der Waals surface area (Å²) in [4.78, 5) is 19.6. The van der Waals surface area contributed by atoms with Gasteiger partial charge in [0.15, 0.2) is 0 Å². The SMILES string of the molecule is CC(O[P+](=O)[O-])O[P+](=O)OO.CC(O[P+](=O)[O-])O[P+](=O)OO.[Na+].[Na+]. The van der Waals surface area contributed by atoms with Gasteiger partial charge >= 0.3 is 92.1 Å². The Morgan fingerprint density at radius 1 is 0.708 bits per heavy atom. The normalized spacial score (nSPS) is 14.6. The van der Waals surface area contributed by atoms with Crippen molar-refractivity contribution >= 4 is 33.0 Å². The topological polar surface area (TPSA) is 210 Å². The van der Waals surface area contributed by atoms with Crippen LogP contribution in [-0.4, -0.2) is 23.1 Å². The fourth-order valence-corrected chi connectivity index (χ4v) is 1.92. The van der Waals surface area contributed by atoms with E-state index in [-0.39, 0.29) is 59.1 Å². The standard InChI is InChI=1S/2C2H4O7P2.2Na/c2*1-2(7-10(4)5)8-11(6)9-3;;/h2*2H,1H3;;/q;;2*+1/p+2. The van der Waals surface area contributed by atoms with Crippen molar-refractivity contribution in [1.82, 2.24) is 0 Å². The Kier molecular flexibility index (Phi) is 29.8. The molecule has 0 aromatic rings. The smallest absolute Gasteiger partial charge is 0.566 e. The van der Waals surface area contributed by atoms with E-state index >= 15 is 0 Å². The molecule has 0 heterocycles. The third kappa shape index (κ3) is 26.2. The number of hydrogen-bond donors (Lipinski definition) is 2. The van der Waals surface area contributed by atoms with Crippen molar-refractivity contribution in [3.63, 3.8) is 0 Å². The van der Waals surface area contributed by atoms with Gasteiger partial charge in [0.05, 0.1) is 9.35 Å². The molecule has 24 heavy (non-hydrogen) atoms. The summed E-state index contributed by atoms with van der Waals surface area (Å²) >= 11 is 0. The molecule has 0 aliphatic heterocycles. The summed E-state index contributed by atoms with van der Waals surface area (Å²) in [6, 6.07) is 0. The summed E-state index contributed by atoms with van der Waals surface area (Å²) in [7, 11) is -11.6. The van der Waals surface area contributed by atoms with Gasteiger partial charge in [-0.1, -0.05) is 9.05 Å². The van der Waals surface area contributed by atoms with Gasteiger partial charge in [0.25, 0.3) is 12.6 Å². The van der Waals surface area contributed by atoms with Crippen LogP contribution < -0.4 is 68.9 Å². The minimum atomic E-state index is -3.07. The molecule has 0 saturated heterocycles. The second-order valence-corrected chi connectivity index (χ2v) is 5.57. The molecule has 0 saturated carbocycles. The minimum absolute atomic E-state index is 0. The summed E-state index contributed by atoms with van der Waals surface area (Å²) in [5.41, 5.74) is 0. The van der Waals surface area contributed by atoms with Crippen molar-refractivity contribution in [1.29, 1.82) is 0 Å². The average molecular weight is 452 g/mol. The molecule has 0 aromatic carbocycles. The molecule has 14 nitrogen and oxygen atoms in total. The fraction of sp³-hybridized carbons (Fsp3) is 1.00. The second kappa shape index (κ2) is 21.3. The zero-order chi connectivity index (χ0) is 17.7. The van der Waals surface area contributed by atoms with E-state index in [9.17, 15) is 28.0 Å². The summed E-state index contributed by atoms with van der Waals surface area (Å²) in [5, 5.41) is 15.4. The van der Waals surface area contributed by atoms with Crippen LogP contribution in [0.25, 0.3) is 0 Å². The third-order valence-corrected chi connectivity index (χ3v) is 3.21. The van der Waals surface area contributed by atoms with Gasteiger partial charge in [-0.25, -0.2) is 10.5 Å². The van der Waals surface area contributed by atoms with Crippen LogP contribution in [-0.2, 0) is 45.7 Å². The molecule has 0 radical (unpaired) electrons. The maximum absolute atomic E-state index is 10.2.